The zero-order chi connectivity index (χ0) is 11.8. The predicted octanol–water partition coefficient (Wildman–Crippen LogP) is 1.45. The molecular formula is C11H20O4S. The molecule has 0 radical (unpaired) electrons. The van der Waals surface area contributed by atoms with Gasteiger partial charge in [-0.3, -0.25) is 4.55 Å². The van der Waals surface area contributed by atoms with Crippen molar-refractivity contribution < 1.29 is 18.1 Å². The Kier molecular flexibility index (Phi) is 3.56. The van der Waals surface area contributed by atoms with Crippen molar-refractivity contribution in [2.24, 2.45) is 17.8 Å². The van der Waals surface area contributed by atoms with Crippen LogP contribution >= 0.6 is 0 Å². The van der Waals surface area contributed by atoms with Crippen molar-refractivity contribution >= 4 is 10.1 Å². The second kappa shape index (κ2) is 4.63. The predicted molar refractivity (Wildman–Crippen MR) is 60.6 cm³/mol. The van der Waals surface area contributed by atoms with E-state index in [2.05, 4.69) is 0 Å². The topological polar surface area (TPSA) is 74.6 Å². The summed E-state index contributed by atoms with van der Waals surface area (Å²) in [7, 11) is -4.03. The summed E-state index contributed by atoms with van der Waals surface area (Å²) in [6, 6.07) is 0. The Morgan fingerprint density at radius 2 is 2.00 bits per heavy atom. The molecule has 94 valence electrons. The Labute approximate surface area is 96.8 Å². The van der Waals surface area contributed by atoms with E-state index in [1.54, 1.807) is 0 Å². The number of aliphatic hydroxyl groups excluding tert-OH is 1. The van der Waals surface area contributed by atoms with Crippen molar-refractivity contribution in [2.45, 2.75) is 44.6 Å². The summed E-state index contributed by atoms with van der Waals surface area (Å²) in [5.41, 5.74) is 0. The van der Waals surface area contributed by atoms with Gasteiger partial charge in [-0.25, -0.2) is 0 Å². The van der Waals surface area contributed by atoms with E-state index in [1.807, 2.05) is 0 Å². The van der Waals surface area contributed by atoms with Gasteiger partial charge in [-0.15, -0.1) is 0 Å². The lowest BCUT2D eigenvalue weighted by molar-refractivity contribution is 0.164. The molecule has 5 heteroatoms. The molecule has 16 heavy (non-hydrogen) atoms. The average molecular weight is 248 g/mol. The van der Waals surface area contributed by atoms with Gasteiger partial charge in [0.2, 0.25) is 0 Å². The Hall–Kier alpha value is -0.130. The maximum Gasteiger partial charge on any atom is 0.267 e. The lowest BCUT2D eigenvalue weighted by Crippen LogP contribution is -2.22. The Morgan fingerprint density at radius 1 is 1.25 bits per heavy atom. The van der Waals surface area contributed by atoms with Gasteiger partial charge in [0.25, 0.3) is 10.1 Å². The van der Waals surface area contributed by atoms with Crippen molar-refractivity contribution in [1.82, 2.24) is 0 Å². The second-order valence-corrected chi connectivity index (χ2v) is 6.91. The minimum Gasteiger partial charge on any atom is -0.392 e. The zero-order valence-electron chi connectivity index (χ0n) is 9.38. The molecule has 2 rings (SSSR count). The molecule has 0 saturated heterocycles. The molecular weight excluding hydrogens is 228 g/mol. The van der Waals surface area contributed by atoms with Crippen LogP contribution in [0.4, 0.5) is 0 Å². The summed E-state index contributed by atoms with van der Waals surface area (Å²) in [4.78, 5) is 0. The van der Waals surface area contributed by atoms with Gasteiger partial charge < -0.3 is 5.11 Å². The third kappa shape index (κ3) is 3.18. The number of rotatable bonds is 5. The summed E-state index contributed by atoms with van der Waals surface area (Å²) in [5.74, 6) is 1.85. The second-order valence-electron chi connectivity index (χ2n) is 5.41. The highest BCUT2D eigenvalue weighted by atomic mass is 32.2. The highest BCUT2D eigenvalue weighted by molar-refractivity contribution is 7.85. The summed E-state index contributed by atoms with van der Waals surface area (Å²) in [6.07, 6.45) is 5.74. The standard InChI is InChI=1S/C11H20O4S/c12-11(7-16(13,14)15)4-3-10-6-8-1-2-9(10)5-8/h8-12H,1-7H2,(H,13,14,15). The lowest BCUT2D eigenvalue weighted by Gasteiger charge is -2.22. The molecule has 0 aromatic carbocycles. The van der Waals surface area contributed by atoms with Crippen LogP contribution in [-0.2, 0) is 10.1 Å². The third-order valence-corrected chi connectivity index (χ3v) is 4.96. The maximum absolute atomic E-state index is 10.6. The van der Waals surface area contributed by atoms with Gasteiger partial charge >= 0.3 is 0 Å². The van der Waals surface area contributed by atoms with Gasteiger partial charge in [-0.05, 0) is 49.9 Å². The van der Waals surface area contributed by atoms with E-state index in [9.17, 15) is 13.5 Å². The van der Waals surface area contributed by atoms with Crippen LogP contribution in [0.5, 0.6) is 0 Å². The van der Waals surface area contributed by atoms with Gasteiger partial charge in [-0.1, -0.05) is 6.42 Å². The molecule has 2 aliphatic carbocycles. The molecule has 0 heterocycles. The number of fused-ring (bicyclic) bond motifs is 2. The summed E-state index contributed by atoms with van der Waals surface area (Å²) in [5, 5.41) is 9.48. The summed E-state index contributed by atoms with van der Waals surface area (Å²) in [6.45, 7) is 0. The monoisotopic (exact) mass is 248 g/mol. The van der Waals surface area contributed by atoms with E-state index < -0.39 is 22.0 Å². The number of hydrogen-bond donors (Lipinski definition) is 2. The van der Waals surface area contributed by atoms with Gasteiger partial charge in [-0.2, -0.15) is 8.42 Å². The van der Waals surface area contributed by atoms with E-state index in [4.69, 9.17) is 4.55 Å². The highest BCUT2D eigenvalue weighted by Gasteiger charge is 2.39. The summed E-state index contributed by atoms with van der Waals surface area (Å²) < 4.78 is 29.7. The van der Waals surface area contributed by atoms with E-state index in [0.29, 0.717) is 12.3 Å². The van der Waals surface area contributed by atoms with Crippen LogP contribution in [0.15, 0.2) is 0 Å². The molecule has 2 N–H and O–H groups in total. The third-order valence-electron chi connectivity index (χ3n) is 4.16. The quantitative estimate of drug-likeness (QED) is 0.722. The minimum absolute atomic E-state index is 0.494. The molecule has 4 unspecified atom stereocenters. The molecule has 2 saturated carbocycles. The number of hydrogen-bond acceptors (Lipinski definition) is 3. The van der Waals surface area contributed by atoms with E-state index in [1.165, 1.54) is 25.7 Å². The minimum atomic E-state index is -4.03. The van der Waals surface area contributed by atoms with Crippen LogP contribution in [0, 0.1) is 17.8 Å². The SMILES string of the molecule is O=S(=O)(O)CC(O)CCC1CC2CCC1C2. The molecule has 4 nitrogen and oxygen atoms in total. The van der Waals surface area contributed by atoms with Crippen LogP contribution < -0.4 is 0 Å². The lowest BCUT2D eigenvalue weighted by atomic mass is 9.85. The zero-order valence-corrected chi connectivity index (χ0v) is 10.2. The first-order valence-electron chi connectivity index (χ1n) is 6.07. The first-order valence-corrected chi connectivity index (χ1v) is 7.68. The van der Waals surface area contributed by atoms with Gasteiger partial charge in [0, 0.05) is 0 Å². The first-order chi connectivity index (χ1) is 7.44. The molecule has 0 aromatic rings. The largest absolute Gasteiger partial charge is 0.392 e. The van der Waals surface area contributed by atoms with Gasteiger partial charge in [0.05, 0.1) is 6.10 Å². The van der Waals surface area contributed by atoms with Crippen LogP contribution in [0.2, 0.25) is 0 Å². The molecule has 2 bridgehead atoms. The van der Waals surface area contributed by atoms with Crippen molar-refractivity contribution in [2.75, 3.05) is 5.75 Å². The molecule has 4 atom stereocenters. The molecule has 0 aliphatic heterocycles. The molecule has 0 aromatic heterocycles. The van der Waals surface area contributed by atoms with Gasteiger partial charge in [0.1, 0.15) is 5.75 Å². The van der Waals surface area contributed by atoms with Gasteiger partial charge in [0.15, 0.2) is 0 Å². The van der Waals surface area contributed by atoms with Crippen molar-refractivity contribution in [3.8, 4) is 0 Å². The van der Waals surface area contributed by atoms with Crippen LogP contribution in [0.3, 0.4) is 0 Å². The van der Waals surface area contributed by atoms with Crippen LogP contribution in [-0.4, -0.2) is 29.9 Å². The molecule has 2 fully saturated rings. The fourth-order valence-corrected chi connectivity index (χ4v) is 4.12. The fraction of sp³-hybridized carbons (Fsp3) is 1.00. The van der Waals surface area contributed by atoms with E-state index in [0.717, 1.165) is 18.3 Å². The maximum atomic E-state index is 10.6. The summed E-state index contributed by atoms with van der Waals surface area (Å²) >= 11 is 0. The van der Waals surface area contributed by atoms with Crippen LogP contribution in [0.25, 0.3) is 0 Å². The van der Waals surface area contributed by atoms with Crippen molar-refractivity contribution in [3.63, 3.8) is 0 Å². The molecule has 0 amide bonds. The van der Waals surface area contributed by atoms with Crippen molar-refractivity contribution in [3.05, 3.63) is 0 Å². The van der Waals surface area contributed by atoms with Crippen LogP contribution in [0.1, 0.15) is 38.5 Å². The number of aliphatic hydroxyl groups is 1. The average Bonchev–Trinajstić information content (AvgIpc) is 2.72. The smallest absolute Gasteiger partial charge is 0.267 e. The fourth-order valence-electron chi connectivity index (χ4n) is 3.46. The van der Waals surface area contributed by atoms with Crippen molar-refractivity contribution in [1.29, 1.82) is 0 Å². The first kappa shape index (κ1) is 12.3. The molecule has 0 spiro atoms. The Balaban J connectivity index is 1.72. The Morgan fingerprint density at radius 3 is 2.50 bits per heavy atom. The Bertz CT molecular complexity index is 338. The molecule has 2 aliphatic rings. The highest BCUT2D eigenvalue weighted by Crippen LogP contribution is 2.49. The van der Waals surface area contributed by atoms with E-state index in [-0.39, 0.29) is 0 Å². The van der Waals surface area contributed by atoms with E-state index >= 15 is 0 Å². The normalized spacial score (nSPS) is 35.5.